The van der Waals surface area contributed by atoms with Crippen LogP contribution in [-0.2, 0) is 0 Å². The summed E-state index contributed by atoms with van der Waals surface area (Å²) in [6.45, 7) is 1.82. The van der Waals surface area contributed by atoms with Gasteiger partial charge in [-0.1, -0.05) is 81.7 Å². The average Bonchev–Trinajstić information content (AvgIpc) is 2.60. The third-order valence-electron chi connectivity index (χ3n) is 2.51. The molecule has 0 saturated heterocycles. The molecule has 0 saturated carbocycles. The Balaban J connectivity index is 2.72. The summed E-state index contributed by atoms with van der Waals surface area (Å²) in [7, 11) is 0. The second-order valence-electron chi connectivity index (χ2n) is 4.36. The third kappa shape index (κ3) is 5.20. The molecule has 5 nitrogen and oxygen atoms in total. The number of benzene rings is 1. The van der Waals surface area contributed by atoms with Crippen LogP contribution in [0, 0.1) is 6.92 Å². The molecular formula is C11H7Cl6N3O2S2. The van der Waals surface area contributed by atoms with Crippen molar-refractivity contribution in [1.29, 1.82) is 0 Å². The molecule has 0 fully saturated rings. The zero-order chi connectivity index (χ0) is 18.3. The summed E-state index contributed by atoms with van der Waals surface area (Å²) in [6, 6.07) is 6.75. The highest BCUT2D eigenvalue weighted by molar-refractivity contribution is 8.05. The first-order valence-corrected chi connectivity index (χ1v) is 9.77. The molecule has 2 rings (SSSR count). The summed E-state index contributed by atoms with van der Waals surface area (Å²) in [5, 5.41) is 0. The Bertz CT molecular complexity index is 817. The van der Waals surface area contributed by atoms with Gasteiger partial charge in [0.15, 0.2) is 0 Å². The Hall–Kier alpha value is 0.400. The van der Waals surface area contributed by atoms with E-state index in [2.05, 4.69) is 0 Å². The number of halogens is 6. The van der Waals surface area contributed by atoms with Crippen LogP contribution in [0.5, 0.6) is 0 Å². The summed E-state index contributed by atoms with van der Waals surface area (Å²) < 4.78 is -1.29. The van der Waals surface area contributed by atoms with Gasteiger partial charge in [-0.15, -0.1) is 0 Å². The highest BCUT2D eigenvalue weighted by atomic mass is 35.6. The van der Waals surface area contributed by atoms with Crippen molar-refractivity contribution < 1.29 is 0 Å². The van der Waals surface area contributed by atoms with Crippen molar-refractivity contribution in [3.8, 4) is 5.69 Å². The molecule has 0 amide bonds. The molecule has 1 aromatic carbocycles. The van der Waals surface area contributed by atoms with E-state index in [1.54, 1.807) is 18.2 Å². The third-order valence-corrected chi connectivity index (χ3v) is 5.26. The number of alkyl halides is 6. The van der Waals surface area contributed by atoms with Crippen LogP contribution in [0.15, 0.2) is 33.9 Å². The van der Waals surface area contributed by atoms with Gasteiger partial charge in [-0.3, -0.25) is 0 Å². The molecule has 0 aliphatic carbocycles. The Morgan fingerprint density at radius 3 is 1.71 bits per heavy atom. The first kappa shape index (κ1) is 20.7. The highest BCUT2D eigenvalue weighted by Gasteiger charge is 2.32. The summed E-state index contributed by atoms with van der Waals surface area (Å²) in [5.41, 5.74) is -0.333. The first-order valence-electron chi connectivity index (χ1n) is 5.95. The van der Waals surface area contributed by atoms with Gasteiger partial charge in [-0.2, -0.15) is 8.17 Å². The molecule has 13 heteroatoms. The predicted molar refractivity (Wildman–Crippen MR) is 106 cm³/mol. The molecule has 0 aliphatic rings. The molecule has 24 heavy (non-hydrogen) atoms. The van der Waals surface area contributed by atoms with Crippen LogP contribution in [0.1, 0.15) is 5.56 Å². The van der Waals surface area contributed by atoms with Gasteiger partial charge in [0.25, 0.3) is 6.25 Å². The molecule has 0 atom stereocenters. The number of hydrogen-bond acceptors (Lipinski definition) is 4. The van der Waals surface area contributed by atoms with E-state index in [1.807, 2.05) is 13.0 Å². The van der Waals surface area contributed by atoms with Gasteiger partial charge in [0.1, 0.15) is 0 Å². The molecule has 1 heterocycles. The van der Waals surface area contributed by atoms with Crippen molar-refractivity contribution in [1.82, 2.24) is 12.7 Å². The SMILES string of the molecule is Cc1cccc(-n2c(=O)n(SC(Cl)(Cl)Cl)n(SC(Cl)(Cl)Cl)c2=O)c1. The smallest absolute Gasteiger partial charge is 0.244 e. The molecule has 0 radical (unpaired) electrons. The Labute approximate surface area is 174 Å². The van der Waals surface area contributed by atoms with Gasteiger partial charge in [-0.25, -0.2) is 14.2 Å². The van der Waals surface area contributed by atoms with E-state index in [4.69, 9.17) is 69.6 Å². The van der Waals surface area contributed by atoms with E-state index < -0.39 is 17.6 Å². The number of hydrogen-bond donors (Lipinski definition) is 0. The largest absolute Gasteiger partial charge is 0.363 e. The highest BCUT2D eigenvalue weighted by Crippen LogP contribution is 2.42. The maximum absolute atomic E-state index is 12.7. The average molecular weight is 490 g/mol. The lowest BCUT2D eigenvalue weighted by Gasteiger charge is -2.14. The summed E-state index contributed by atoms with van der Waals surface area (Å²) in [4.78, 5) is 25.3. The van der Waals surface area contributed by atoms with Crippen LogP contribution in [0.3, 0.4) is 0 Å². The molecular weight excluding hydrogens is 483 g/mol. The molecule has 2 aromatic rings. The second-order valence-corrected chi connectivity index (χ2v) is 12.5. The standard InChI is InChI=1S/C11H7Cl6N3O2S2/c1-6-3-2-4-7(5-6)18-8(21)19(23-10(12,13)14)20(9(18)22)24-11(15,16)17/h2-5H,1H3. The lowest BCUT2D eigenvalue weighted by Crippen LogP contribution is -2.26. The van der Waals surface area contributed by atoms with Crippen molar-refractivity contribution >= 4 is 93.5 Å². The number of aryl methyl sites for hydroxylation is 1. The van der Waals surface area contributed by atoms with E-state index in [9.17, 15) is 9.59 Å². The van der Waals surface area contributed by atoms with E-state index in [0.717, 1.165) is 18.3 Å². The lowest BCUT2D eigenvalue weighted by molar-refractivity contribution is 0.888. The van der Waals surface area contributed by atoms with Crippen molar-refractivity contribution in [3.05, 3.63) is 50.8 Å². The van der Waals surface area contributed by atoms with Gasteiger partial charge in [0, 0.05) is 23.9 Å². The number of rotatable bonds is 3. The molecule has 0 spiro atoms. The van der Waals surface area contributed by atoms with Crippen molar-refractivity contribution in [3.63, 3.8) is 0 Å². The monoisotopic (exact) mass is 487 g/mol. The minimum absolute atomic E-state index is 0.340. The summed E-state index contributed by atoms with van der Waals surface area (Å²) in [6.07, 6.45) is 0. The lowest BCUT2D eigenvalue weighted by atomic mass is 10.2. The Morgan fingerprint density at radius 2 is 1.33 bits per heavy atom. The molecule has 1 aromatic heterocycles. The van der Waals surface area contributed by atoms with Gasteiger partial charge >= 0.3 is 11.4 Å². The van der Waals surface area contributed by atoms with Crippen molar-refractivity contribution in [2.75, 3.05) is 0 Å². The zero-order valence-corrected chi connectivity index (χ0v) is 17.7. The van der Waals surface area contributed by atoms with Gasteiger partial charge in [-0.05, 0) is 24.6 Å². The fourth-order valence-electron chi connectivity index (χ4n) is 1.74. The van der Waals surface area contributed by atoms with Crippen LogP contribution in [0.4, 0.5) is 0 Å². The fourth-order valence-corrected chi connectivity index (χ4v) is 4.12. The summed E-state index contributed by atoms with van der Waals surface area (Å²) >= 11 is 35.3. The van der Waals surface area contributed by atoms with E-state index >= 15 is 0 Å². The van der Waals surface area contributed by atoms with Crippen LogP contribution < -0.4 is 11.4 Å². The van der Waals surface area contributed by atoms with Crippen LogP contribution >= 0.6 is 93.5 Å². The predicted octanol–water partition coefficient (Wildman–Crippen LogP) is 4.76. The fraction of sp³-hybridized carbons (Fsp3) is 0.273. The van der Waals surface area contributed by atoms with Crippen molar-refractivity contribution in [2.45, 2.75) is 13.2 Å². The van der Waals surface area contributed by atoms with Crippen molar-refractivity contribution in [2.24, 2.45) is 0 Å². The second kappa shape index (κ2) is 7.56. The Morgan fingerprint density at radius 1 is 0.875 bits per heavy atom. The molecule has 132 valence electrons. The molecule has 0 N–H and O–H groups in total. The minimum atomic E-state index is -1.91. The van der Waals surface area contributed by atoms with Crippen LogP contribution in [-0.4, -0.2) is 19.0 Å². The van der Waals surface area contributed by atoms with Gasteiger partial charge in [0.2, 0.25) is 0 Å². The molecule has 0 aliphatic heterocycles. The van der Waals surface area contributed by atoms with Crippen LogP contribution in [0.25, 0.3) is 5.69 Å². The van der Waals surface area contributed by atoms with E-state index in [0.29, 0.717) is 29.6 Å². The maximum Gasteiger partial charge on any atom is 0.363 e. The quantitative estimate of drug-likeness (QED) is 0.583. The van der Waals surface area contributed by atoms with E-state index in [-0.39, 0.29) is 0 Å². The molecule has 0 bridgehead atoms. The maximum atomic E-state index is 12.7. The first-order chi connectivity index (χ1) is 10.9. The number of nitrogens with zero attached hydrogens (tertiary/aromatic N) is 3. The zero-order valence-electron chi connectivity index (χ0n) is 11.6. The Kier molecular flexibility index (Phi) is 6.53. The summed E-state index contributed by atoms with van der Waals surface area (Å²) in [5.74, 6) is 0. The van der Waals surface area contributed by atoms with Crippen LogP contribution in [0.2, 0.25) is 0 Å². The van der Waals surface area contributed by atoms with E-state index in [1.165, 1.54) is 0 Å². The number of aromatic nitrogens is 3. The van der Waals surface area contributed by atoms with Gasteiger partial charge in [0.05, 0.1) is 5.69 Å². The normalized spacial score (nSPS) is 12.6. The topological polar surface area (TPSA) is 48.9 Å². The van der Waals surface area contributed by atoms with Gasteiger partial charge < -0.3 is 0 Å². The molecule has 0 unspecified atom stereocenters. The minimum Gasteiger partial charge on any atom is -0.244 e.